The average Bonchev–Trinajstić information content (AvgIpc) is 2.66. The van der Waals surface area contributed by atoms with E-state index in [2.05, 4.69) is 22.1 Å². The molecule has 6 heteroatoms. The van der Waals surface area contributed by atoms with Crippen molar-refractivity contribution in [1.29, 1.82) is 0 Å². The molecule has 3 aromatic rings. The zero-order valence-electron chi connectivity index (χ0n) is 13.9. The minimum atomic E-state index is -1.04. The first-order chi connectivity index (χ1) is 12.6. The van der Waals surface area contributed by atoms with Crippen molar-refractivity contribution in [3.05, 3.63) is 77.3 Å². The van der Waals surface area contributed by atoms with E-state index in [0.29, 0.717) is 16.3 Å². The predicted molar refractivity (Wildman–Crippen MR) is 99.5 cm³/mol. The van der Waals surface area contributed by atoms with E-state index >= 15 is 0 Å². The average molecular weight is 369 g/mol. The summed E-state index contributed by atoms with van der Waals surface area (Å²) >= 11 is 6.07. The molecular formula is C20H17ClN2O3. The second-order valence-corrected chi connectivity index (χ2v) is 6.13. The number of ether oxygens (including phenoxy) is 1. The number of hydrogen-bond acceptors (Lipinski definition) is 4. The van der Waals surface area contributed by atoms with Gasteiger partial charge in [0, 0.05) is 35.0 Å². The highest BCUT2D eigenvalue weighted by molar-refractivity contribution is 6.31. The lowest BCUT2D eigenvalue weighted by molar-refractivity contribution is -0.139. The van der Waals surface area contributed by atoms with Gasteiger partial charge in [-0.05, 0) is 30.2 Å². The van der Waals surface area contributed by atoms with Crippen LogP contribution in [0.2, 0.25) is 5.02 Å². The molecule has 132 valence electrons. The number of benzene rings is 2. The number of aromatic nitrogens is 2. The number of aryl methyl sites for hydroxylation is 2. The molecule has 0 aliphatic heterocycles. The molecule has 0 fully saturated rings. The summed E-state index contributed by atoms with van der Waals surface area (Å²) in [4.78, 5) is 19.6. The zero-order chi connectivity index (χ0) is 18.4. The van der Waals surface area contributed by atoms with Crippen LogP contribution in [-0.2, 0) is 17.6 Å². The second kappa shape index (κ2) is 8.45. The third kappa shape index (κ3) is 4.80. The van der Waals surface area contributed by atoms with Gasteiger partial charge in [-0.2, -0.15) is 0 Å². The molecule has 2 aromatic carbocycles. The minimum Gasteiger partial charge on any atom is -0.481 e. The molecule has 3 rings (SSSR count). The van der Waals surface area contributed by atoms with Crippen molar-refractivity contribution in [2.45, 2.75) is 12.8 Å². The maximum Gasteiger partial charge on any atom is 0.341 e. The van der Waals surface area contributed by atoms with Gasteiger partial charge in [0.1, 0.15) is 11.6 Å². The van der Waals surface area contributed by atoms with Gasteiger partial charge in [0.25, 0.3) is 0 Å². The highest BCUT2D eigenvalue weighted by Crippen LogP contribution is 2.32. The van der Waals surface area contributed by atoms with Crippen molar-refractivity contribution < 1.29 is 14.6 Å². The van der Waals surface area contributed by atoms with Crippen LogP contribution in [0.1, 0.15) is 11.4 Å². The van der Waals surface area contributed by atoms with Crippen molar-refractivity contribution in [3.63, 3.8) is 0 Å². The third-order valence-electron chi connectivity index (χ3n) is 3.79. The van der Waals surface area contributed by atoms with E-state index in [1.807, 2.05) is 18.2 Å². The molecule has 0 spiro atoms. The summed E-state index contributed by atoms with van der Waals surface area (Å²) in [5.41, 5.74) is 2.61. The van der Waals surface area contributed by atoms with Crippen LogP contribution in [0.4, 0.5) is 0 Å². The summed E-state index contributed by atoms with van der Waals surface area (Å²) in [6.45, 7) is -0.426. The summed E-state index contributed by atoms with van der Waals surface area (Å²) in [5, 5.41) is 9.33. The fourth-order valence-electron chi connectivity index (χ4n) is 2.52. The maximum absolute atomic E-state index is 10.7. The van der Waals surface area contributed by atoms with Gasteiger partial charge in [-0.3, -0.25) is 0 Å². The molecule has 0 saturated heterocycles. The Morgan fingerprint density at radius 1 is 1.04 bits per heavy atom. The van der Waals surface area contributed by atoms with E-state index in [9.17, 15) is 4.79 Å². The first-order valence-electron chi connectivity index (χ1n) is 8.11. The molecule has 26 heavy (non-hydrogen) atoms. The number of carboxylic acid groups (broad SMARTS) is 1. The van der Waals surface area contributed by atoms with Crippen molar-refractivity contribution in [3.8, 4) is 16.9 Å². The van der Waals surface area contributed by atoms with Crippen LogP contribution in [0, 0.1) is 0 Å². The van der Waals surface area contributed by atoms with Gasteiger partial charge in [0.15, 0.2) is 6.61 Å². The summed E-state index contributed by atoms with van der Waals surface area (Å²) < 4.78 is 5.33. The molecule has 5 nitrogen and oxygen atoms in total. The van der Waals surface area contributed by atoms with E-state index in [0.717, 1.165) is 24.2 Å². The maximum atomic E-state index is 10.7. The monoisotopic (exact) mass is 368 g/mol. The fraction of sp³-hybridized carbons (Fsp3) is 0.150. The largest absolute Gasteiger partial charge is 0.481 e. The Labute approximate surface area is 156 Å². The first kappa shape index (κ1) is 17.9. The topological polar surface area (TPSA) is 72.3 Å². The van der Waals surface area contributed by atoms with Crippen molar-refractivity contribution >= 4 is 17.6 Å². The van der Waals surface area contributed by atoms with Crippen LogP contribution in [0.15, 0.2) is 60.9 Å². The Morgan fingerprint density at radius 3 is 2.46 bits per heavy atom. The smallest absolute Gasteiger partial charge is 0.341 e. The van der Waals surface area contributed by atoms with E-state index in [1.54, 1.807) is 30.6 Å². The van der Waals surface area contributed by atoms with Gasteiger partial charge < -0.3 is 9.84 Å². The molecule has 1 aromatic heterocycles. The van der Waals surface area contributed by atoms with Gasteiger partial charge in [-0.1, -0.05) is 41.9 Å². The normalized spacial score (nSPS) is 10.5. The Bertz CT molecular complexity index is 883. The molecule has 1 N–H and O–H groups in total. The van der Waals surface area contributed by atoms with Gasteiger partial charge in [0.2, 0.25) is 0 Å². The summed E-state index contributed by atoms with van der Waals surface area (Å²) in [7, 11) is 0. The van der Waals surface area contributed by atoms with Gasteiger partial charge in [-0.15, -0.1) is 0 Å². The molecule has 0 aliphatic rings. The molecule has 0 unspecified atom stereocenters. The Morgan fingerprint density at radius 2 is 1.77 bits per heavy atom. The number of hydrogen-bond donors (Lipinski definition) is 1. The van der Waals surface area contributed by atoms with Gasteiger partial charge >= 0.3 is 5.97 Å². The quantitative estimate of drug-likeness (QED) is 0.681. The molecule has 0 bridgehead atoms. The van der Waals surface area contributed by atoms with Crippen molar-refractivity contribution in [2.24, 2.45) is 0 Å². The van der Waals surface area contributed by atoms with Gasteiger partial charge in [-0.25, -0.2) is 14.8 Å². The highest BCUT2D eigenvalue weighted by atomic mass is 35.5. The standard InChI is InChI=1S/C20H17ClN2O3/c21-16-7-8-18(26-13-20(24)25)17(10-16)15-11-22-19(23-12-15)9-6-14-4-2-1-3-5-14/h1-5,7-8,10-12H,6,9,13H2,(H,24,25). The third-order valence-corrected chi connectivity index (χ3v) is 4.02. The van der Waals surface area contributed by atoms with E-state index in [-0.39, 0.29) is 0 Å². The minimum absolute atomic E-state index is 0.426. The van der Waals surface area contributed by atoms with Gasteiger partial charge in [0.05, 0.1) is 0 Å². The zero-order valence-corrected chi connectivity index (χ0v) is 14.7. The van der Waals surface area contributed by atoms with Crippen molar-refractivity contribution in [2.75, 3.05) is 6.61 Å². The van der Waals surface area contributed by atoms with E-state index < -0.39 is 12.6 Å². The summed E-state index contributed by atoms with van der Waals surface area (Å²) in [6.07, 6.45) is 5.01. The number of rotatable bonds is 7. The Hall–Kier alpha value is -2.92. The molecule has 0 atom stereocenters. The number of carbonyl (C=O) groups is 1. The molecule has 0 amide bonds. The number of aliphatic carboxylic acids is 1. The highest BCUT2D eigenvalue weighted by Gasteiger charge is 2.10. The van der Waals surface area contributed by atoms with Crippen molar-refractivity contribution in [1.82, 2.24) is 9.97 Å². The van der Waals surface area contributed by atoms with Crippen LogP contribution in [-0.4, -0.2) is 27.7 Å². The lowest BCUT2D eigenvalue weighted by Crippen LogP contribution is -2.10. The fourth-order valence-corrected chi connectivity index (χ4v) is 2.69. The Kier molecular flexibility index (Phi) is 5.81. The lowest BCUT2D eigenvalue weighted by Gasteiger charge is -2.11. The first-order valence-corrected chi connectivity index (χ1v) is 8.49. The van der Waals surface area contributed by atoms with E-state index in [4.69, 9.17) is 21.4 Å². The molecule has 1 heterocycles. The Balaban J connectivity index is 1.75. The van der Waals surface area contributed by atoms with E-state index in [1.165, 1.54) is 5.56 Å². The summed E-state index contributed by atoms with van der Waals surface area (Å²) in [6, 6.07) is 15.2. The molecule has 0 aliphatic carbocycles. The predicted octanol–water partition coefficient (Wildman–Crippen LogP) is 4.05. The number of carboxylic acids is 1. The lowest BCUT2D eigenvalue weighted by atomic mass is 10.1. The van der Waals surface area contributed by atoms with Crippen LogP contribution < -0.4 is 4.74 Å². The molecule has 0 saturated carbocycles. The molecule has 0 radical (unpaired) electrons. The number of nitrogens with zero attached hydrogens (tertiary/aromatic N) is 2. The second-order valence-electron chi connectivity index (χ2n) is 5.70. The SMILES string of the molecule is O=C(O)COc1ccc(Cl)cc1-c1cnc(CCc2ccccc2)nc1. The summed E-state index contributed by atoms with van der Waals surface area (Å²) in [5.74, 6) is 0.128. The number of halogens is 1. The molecular weight excluding hydrogens is 352 g/mol. The van der Waals surface area contributed by atoms with Crippen LogP contribution in [0.5, 0.6) is 5.75 Å². The van der Waals surface area contributed by atoms with Crippen LogP contribution in [0.3, 0.4) is 0 Å². The van der Waals surface area contributed by atoms with Crippen LogP contribution in [0.25, 0.3) is 11.1 Å². The van der Waals surface area contributed by atoms with Crippen LogP contribution >= 0.6 is 11.6 Å².